The molecule has 1 spiro atoms. The number of nitrogens with zero attached hydrogens (tertiary/aromatic N) is 1. The van der Waals surface area contributed by atoms with E-state index in [2.05, 4.69) is 10.3 Å². The molecule has 0 radical (unpaired) electrons. The SMILES string of the molecule is NC1=N[C@@]2(O[C@H](CO)[C@@H](O)[C@H]2O)C(=O)N1. The molecule has 2 aliphatic rings. The van der Waals surface area contributed by atoms with Crippen molar-refractivity contribution in [3.63, 3.8) is 0 Å². The molecule has 1 fully saturated rings. The number of hydrogen-bond acceptors (Lipinski definition) is 7. The van der Waals surface area contributed by atoms with Gasteiger partial charge < -0.3 is 25.8 Å². The first-order valence-corrected chi connectivity index (χ1v) is 4.33. The molecule has 1 saturated heterocycles. The lowest BCUT2D eigenvalue weighted by atomic mass is 10.0. The Labute approximate surface area is 84.4 Å². The van der Waals surface area contributed by atoms with E-state index in [1.807, 2.05) is 0 Å². The zero-order valence-electron chi connectivity index (χ0n) is 7.62. The van der Waals surface area contributed by atoms with Gasteiger partial charge in [0.1, 0.15) is 18.3 Å². The van der Waals surface area contributed by atoms with Gasteiger partial charge in [0.15, 0.2) is 5.96 Å². The van der Waals surface area contributed by atoms with Crippen LogP contribution in [0, 0.1) is 0 Å². The van der Waals surface area contributed by atoms with E-state index >= 15 is 0 Å². The molecule has 2 aliphatic heterocycles. The Morgan fingerprint density at radius 2 is 2.27 bits per heavy atom. The van der Waals surface area contributed by atoms with Gasteiger partial charge in [-0.2, -0.15) is 0 Å². The van der Waals surface area contributed by atoms with Crippen molar-refractivity contribution in [2.24, 2.45) is 10.7 Å². The minimum Gasteiger partial charge on any atom is -0.394 e. The van der Waals surface area contributed by atoms with E-state index in [4.69, 9.17) is 15.6 Å². The van der Waals surface area contributed by atoms with Gasteiger partial charge in [-0.3, -0.25) is 10.1 Å². The number of carbonyl (C=O) groups is 1. The maximum absolute atomic E-state index is 11.4. The molecule has 4 atom stereocenters. The summed E-state index contributed by atoms with van der Waals surface area (Å²) < 4.78 is 5.04. The zero-order chi connectivity index (χ0) is 11.2. The number of aliphatic hydroxyl groups excluding tert-OH is 3. The van der Waals surface area contributed by atoms with E-state index in [0.717, 1.165) is 0 Å². The highest BCUT2D eigenvalue weighted by Gasteiger charge is 2.61. The molecule has 6 N–H and O–H groups in total. The van der Waals surface area contributed by atoms with Gasteiger partial charge in [0.25, 0.3) is 11.6 Å². The summed E-state index contributed by atoms with van der Waals surface area (Å²) in [5.41, 5.74) is 3.34. The second-order valence-electron chi connectivity index (χ2n) is 3.42. The van der Waals surface area contributed by atoms with Crippen molar-refractivity contribution >= 4 is 11.9 Å². The third-order valence-electron chi connectivity index (χ3n) is 2.47. The second kappa shape index (κ2) is 3.14. The smallest absolute Gasteiger partial charge is 0.285 e. The number of carbonyl (C=O) groups excluding carboxylic acids is 1. The van der Waals surface area contributed by atoms with Crippen LogP contribution in [0.2, 0.25) is 0 Å². The van der Waals surface area contributed by atoms with Crippen LogP contribution < -0.4 is 11.1 Å². The summed E-state index contributed by atoms with van der Waals surface area (Å²) in [5, 5.41) is 30.1. The summed E-state index contributed by atoms with van der Waals surface area (Å²) in [6.07, 6.45) is -3.98. The average molecular weight is 217 g/mol. The molecule has 0 aromatic carbocycles. The average Bonchev–Trinajstić information content (AvgIpc) is 2.60. The van der Waals surface area contributed by atoms with Crippen molar-refractivity contribution in [2.75, 3.05) is 6.61 Å². The molecule has 0 aromatic rings. The fourth-order valence-electron chi connectivity index (χ4n) is 1.69. The van der Waals surface area contributed by atoms with Crippen molar-refractivity contribution in [3.05, 3.63) is 0 Å². The summed E-state index contributed by atoms with van der Waals surface area (Å²) in [6, 6.07) is 0. The number of rotatable bonds is 1. The molecule has 84 valence electrons. The monoisotopic (exact) mass is 217 g/mol. The van der Waals surface area contributed by atoms with Crippen LogP contribution >= 0.6 is 0 Å². The lowest BCUT2D eigenvalue weighted by Crippen LogP contribution is -2.49. The van der Waals surface area contributed by atoms with E-state index in [9.17, 15) is 15.0 Å². The maximum atomic E-state index is 11.4. The quantitative estimate of drug-likeness (QED) is 0.306. The largest absolute Gasteiger partial charge is 0.394 e. The molecule has 0 aliphatic carbocycles. The van der Waals surface area contributed by atoms with Gasteiger partial charge in [-0.1, -0.05) is 0 Å². The molecule has 2 heterocycles. The molecule has 0 bridgehead atoms. The third kappa shape index (κ3) is 1.23. The number of amides is 1. The molecule has 0 saturated carbocycles. The lowest BCUT2D eigenvalue weighted by molar-refractivity contribution is -0.150. The predicted molar refractivity (Wildman–Crippen MR) is 46.5 cm³/mol. The van der Waals surface area contributed by atoms with E-state index in [-0.39, 0.29) is 5.96 Å². The Balaban J connectivity index is 2.34. The minimum atomic E-state index is -1.92. The molecule has 8 nitrogen and oxygen atoms in total. The fraction of sp³-hybridized carbons (Fsp3) is 0.714. The Hall–Kier alpha value is -1.22. The van der Waals surface area contributed by atoms with Crippen molar-refractivity contribution in [1.82, 2.24) is 5.32 Å². The molecule has 1 amide bonds. The van der Waals surface area contributed by atoms with Gasteiger partial charge in [-0.15, -0.1) is 0 Å². The van der Waals surface area contributed by atoms with Crippen molar-refractivity contribution in [2.45, 2.75) is 24.0 Å². The Kier molecular flexibility index (Phi) is 2.15. The molecule has 8 heteroatoms. The normalized spacial score (nSPS) is 44.6. The van der Waals surface area contributed by atoms with Crippen LogP contribution in [0.5, 0.6) is 0 Å². The van der Waals surface area contributed by atoms with Crippen molar-refractivity contribution < 1.29 is 24.9 Å². The highest BCUT2D eigenvalue weighted by Crippen LogP contribution is 2.34. The highest BCUT2D eigenvalue weighted by atomic mass is 16.6. The van der Waals surface area contributed by atoms with Crippen LogP contribution in [0.4, 0.5) is 0 Å². The topological polar surface area (TPSA) is 137 Å². The van der Waals surface area contributed by atoms with Crippen LogP contribution in [-0.2, 0) is 9.53 Å². The van der Waals surface area contributed by atoms with Crippen LogP contribution in [0.25, 0.3) is 0 Å². The van der Waals surface area contributed by atoms with Gasteiger partial charge in [0, 0.05) is 0 Å². The summed E-state index contributed by atoms with van der Waals surface area (Å²) in [6.45, 7) is -0.525. The predicted octanol–water partition coefficient (Wildman–Crippen LogP) is -3.76. The minimum absolute atomic E-state index is 0.190. The Morgan fingerprint density at radius 3 is 2.67 bits per heavy atom. The molecule has 0 aromatic heterocycles. The zero-order valence-corrected chi connectivity index (χ0v) is 7.62. The van der Waals surface area contributed by atoms with Crippen molar-refractivity contribution in [1.29, 1.82) is 0 Å². The van der Waals surface area contributed by atoms with Crippen LogP contribution in [0.15, 0.2) is 4.99 Å². The molecule has 0 unspecified atom stereocenters. The standard InChI is InChI=1S/C7H11N3O5/c8-6-9-5(14)7(10-6)4(13)3(12)2(1-11)15-7/h2-4,11-13H,1H2,(H3,8,9,10,14)/t2-,3-,4-,7+/m1/s1. The van der Waals surface area contributed by atoms with E-state index in [1.165, 1.54) is 0 Å². The van der Waals surface area contributed by atoms with E-state index < -0.39 is 36.6 Å². The Morgan fingerprint density at radius 1 is 1.60 bits per heavy atom. The first-order chi connectivity index (χ1) is 7.01. The first kappa shape index (κ1) is 10.3. The van der Waals surface area contributed by atoms with Gasteiger partial charge >= 0.3 is 0 Å². The number of nitrogens with one attached hydrogen (secondary N) is 1. The van der Waals surface area contributed by atoms with Crippen molar-refractivity contribution in [3.8, 4) is 0 Å². The lowest BCUT2D eigenvalue weighted by Gasteiger charge is -2.19. The number of guanidine groups is 1. The molecular weight excluding hydrogens is 206 g/mol. The third-order valence-corrected chi connectivity index (χ3v) is 2.47. The van der Waals surface area contributed by atoms with Crippen LogP contribution in [0.3, 0.4) is 0 Å². The maximum Gasteiger partial charge on any atom is 0.285 e. The van der Waals surface area contributed by atoms with Gasteiger partial charge in [-0.05, 0) is 0 Å². The van der Waals surface area contributed by atoms with E-state index in [0.29, 0.717) is 0 Å². The summed E-state index contributed by atoms with van der Waals surface area (Å²) in [4.78, 5) is 15.1. The van der Waals surface area contributed by atoms with Gasteiger partial charge in [-0.25, -0.2) is 4.99 Å². The summed E-state index contributed by atoms with van der Waals surface area (Å²) in [7, 11) is 0. The number of aliphatic hydroxyl groups is 3. The summed E-state index contributed by atoms with van der Waals surface area (Å²) in [5.74, 6) is -0.938. The van der Waals surface area contributed by atoms with Gasteiger partial charge in [0.05, 0.1) is 6.61 Å². The van der Waals surface area contributed by atoms with E-state index in [1.54, 1.807) is 0 Å². The molecular formula is C7H11N3O5. The number of aliphatic imine (C=N–C) groups is 1. The number of nitrogens with two attached hydrogens (primary N) is 1. The van der Waals surface area contributed by atoms with Gasteiger partial charge in [0.2, 0.25) is 0 Å². The first-order valence-electron chi connectivity index (χ1n) is 4.33. The second-order valence-corrected chi connectivity index (χ2v) is 3.42. The number of hydrogen-bond donors (Lipinski definition) is 5. The Bertz CT molecular complexity index is 333. The molecule has 2 rings (SSSR count). The number of ether oxygens (including phenoxy) is 1. The highest BCUT2D eigenvalue weighted by molar-refractivity contribution is 6.06. The van der Waals surface area contributed by atoms with Crippen LogP contribution in [0.1, 0.15) is 0 Å². The van der Waals surface area contributed by atoms with Crippen LogP contribution in [-0.4, -0.2) is 57.8 Å². The summed E-state index contributed by atoms with van der Waals surface area (Å²) >= 11 is 0. The molecule has 15 heavy (non-hydrogen) atoms. The fourth-order valence-corrected chi connectivity index (χ4v) is 1.69.